The number of carboxylic acid groups (broad SMARTS) is 1. The number of nitro groups is 1. The zero-order valence-corrected chi connectivity index (χ0v) is 15.7. The zero-order chi connectivity index (χ0) is 21.5. The highest BCUT2D eigenvalue weighted by Crippen LogP contribution is 2.22. The standard InChI is InChI=1S/C23H16N2O5/c24-14-20(18-7-9-21(10-8-18)25(28)29)13-16-3-11-22(12-4-16)30-15-17-1-5-19(6-2-17)23(26)27/h1-13H,15H2,(H,26,27)/b20-13+. The van der Waals surface area contributed by atoms with Gasteiger partial charge in [-0.1, -0.05) is 24.3 Å². The van der Waals surface area contributed by atoms with Crippen molar-refractivity contribution in [2.24, 2.45) is 0 Å². The molecule has 0 radical (unpaired) electrons. The molecule has 0 amide bonds. The van der Waals surface area contributed by atoms with E-state index >= 15 is 0 Å². The van der Waals surface area contributed by atoms with E-state index in [0.717, 1.165) is 11.1 Å². The van der Waals surface area contributed by atoms with Crippen molar-refractivity contribution in [3.8, 4) is 11.8 Å². The maximum Gasteiger partial charge on any atom is 0.335 e. The summed E-state index contributed by atoms with van der Waals surface area (Å²) in [4.78, 5) is 21.1. The summed E-state index contributed by atoms with van der Waals surface area (Å²) in [5.74, 6) is -0.347. The van der Waals surface area contributed by atoms with Crippen molar-refractivity contribution < 1.29 is 19.6 Å². The number of hydrogen-bond acceptors (Lipinski definition) is 5. The number of carboxylic acids is 1. The van der Waals surface area contributed by atoms with Gasteiger partial charge in [-0.3, -0.25) is 10.1 Å². The van der Waals surface area contributed by atoms with Crippen LogP contribution in [-0.4, -0.2) is 16.0 Å². The first-order chi connectivity index (χ1) is 14.5. The molecule has 3 rings (SSSR count). The number of allylic oxidation sites excluding steroid dienone is 1. The smallest absolute Gasteiger partial charge is 0.335 e. The Morgan fingerprint density at radius 2 is 1.60 bits per heavy atom. The molecule has 0 fully saturated rings. The normalized spacial score (nSPS) is 10.8. The second-order valence-electron chi connectivity index (χ2n) is 6.33. The lowest BCUT2D eigenvalue weighted by Gasteiger charge is -2.07. The molecule has 0 heterocycles. The van der Waals surface area contributed by atoms with E-state index in [-0.39, 0.29) is 11.3 Å². The number of ether oxygens (including phenoxy) is 1. The van der Waals surface area contributed by atoms with Crippen molar-refractivity contribution in [2.45, 2.75) is 6.61 Å². The van der Waals surface area contributed by atoms with E-state index < -0.39 is 10.9 Å². The molecule has 0 atom stereocenters. The van der Waals surface area contributed by atoms with Gasteiger partial charge in [-0.05, 0) is 59.2 Å². The van der Waals surface area contributed by atoms with Crippen LogP contribution in [0.5, 0.6) is 5.75 Å². The molecule has 0 aliphatic carbocycles. The highest BCUT2D eigenvalue weighted by Gasteiger charge is 2.07. The van der Waals surface area contributed by atoms with Crippen LogP contribution in [0, 0.1) is 21.4 Å². The Morgan fingerprint density at radius 1 is 1.00 bits per heavy atom. The summed E-state index contributed by atoms with van der Waals surface area (Å²) < 4.78 is 5.70. The van der Waals surface area contributed by atoms with Gasteiger partial charge >= 0.3 is 5.97 Å². The van der Waals surface area contributed by atoms with Crippen LogP contribution in [-0.2, 0) is 6.61 Å². The number of benzene rings is 3. The number of nitro benzene ring substituents is 1. The Bertz CT molecular complexity index is 1130. The predicted octanol–water partition coefficient (Wildman–Crippen LogP) is 4.94. The molecular formula is C23H16N2O5. The predicted molar refractivity (Wildman–Crippen MR) is 111 cm³/mol. The molecule has 7 nitrogen and oxygen atoms in total. The fourth-order valence-corrected chi connectivity index (χ4v) is 2.68. The number of non-ortho nitro benzene ring substituents is 1. The minimum absolute atomic E-state index is 0.0323. The van der Waals surface area contributed by atoms with E-state index in [2.05, 4.69) is 6.07 Å². The zero-order valence-electron chi connectivity index (χ0n) is 15.7. The first-order valence-corrected chi connectivity index (χ1v) is 8.88. The first-order valence-electron chi connectivity index (χ1n) is 8.88. The monoisotopic (exact) mass is 400 g/mol. The quantitative estimate of drug-likeness (QED) is 0.260. The van der Waals surface area contributed by atoms with Crippen LogP contribution in [0.25, 0.3) is 11.6 Å². The van der Waals surface area contributed by atoms with Crippen LogP contribution in [0.4, 0.5) is 5.69 Å². The summed E-state index contributed by atoms with van der Waals surface area (Å²) in [7, 11) is 0. The molecule has 3 aromatic carbocycles. The number of rotatable bonds is 7. The Hall–Kier alpha value is -4.44. The molecule has 0 saturated heterocycles. The first kappa shape index (κ1) is 20.3. The maximum absolute atomic E-state index is 10.9. The SMILES string of the molecule is N#C/C(=C\c1ccc(OCc2ccc(C(=O)O)cc2)cc1)c1ccc([N+](=O)[O-])cc1. The van der Waals surface area contributed by atoms with Crippen LogP contribution in [0.15, 0.2) is 72.8 Å². The second-order valence-corrected chi connectivity index (χ2v) is 6.33. The molecule has 0 aromatic heterocycles. The lowest BCUT2D eigenvalue weighted by molar-refractivity contribution is -0.384. The molecule has 0 aliphatic rings. The number of carbonyl (C=O) groups is 1. The van der Waals surface area contributed by atoms with Crippen molar-refractivity contribution in [2.75, 3.05) is 0 Å². The largest absolute Gasteiger partial charge is 0.489 e. The minimum atomic E-state index is -0.975. The molecule has 30 heavy (non-hydrogen) atoms. The molecule has 0 spiro atoms. The molecule has 0 unspecified atom stereocenters. The Labute approximate surface area is 172 Å². The van der Waals surface area contributed by atoms with Crippen LogP contribution in [0.3, 0.4) is 0 Å². The van der Waals surface area contributed by atoms with Crippen molar-refractivity contribution in [1.82, 2.24) is 0 Å². The molecule has 7 heteroatoms. The van der Waals surface area contributed by atoms with Gasteiger partial charge in [-0.25, -0.2) is 4.79 Å². The Balaban J connectivity index is 1.67. The average molecular weight is 400 g/mol. The van der Waals surface area contributed by atoms with Gasteiger partial charge in [-0.2, -0.15) is 5.26 Å². The van der Waals surface area contributed by atoms with Gasteiger partial charge in [0, 0.05) is 12.1 Å². The summed E-state index contributed by atoms with van der Waals surface area (Å²) in [6.45, 7) is 0.293. The number of nitrogens with zero attached hydrogens (tertiary/aromatic N) is 2. The molecule has 3 aromatic rings. The van der Waals surface area contributed by atoms with Gasteiger partial charge in [0.1, 0.15) is 12.4 Å². The highest BCUT2D eigenvalue weighted by atomic mass is 16.6. The van der Waals surface area contributed by atoms with Crippen LogP contribution < -0.4 is 4.74 Å². The minimum Gasteiger partial charge on any atom is -0.489 e. The number of hydrogen-bond donors (Lipinski definition) is 1. The molecule has 0 saturated carbocycles. The van der Waals surface area contributed by atoms with E-state index in [1.807, 2.05) is 0 Å². The van der Waals surface area contributed by atoms with Crippen LogP contribution in [0.1, 0.15) is 27.0 Å². The summed E-state index contributed by atoms with van der Waals surface area (Å²) in [6.07, 6.45) is 1.69. The Kier molecular flexibility index (Phi) is 6.20. The second kappa shape index (κ2) is 9.17. The van der Waals surface area contributed by atoms with Crippen molar-refractivity contribution in [3.63, 3.8) is 0 Å². The molecule has 148 valence electrons. The highest BCUT2D eigenvalue weighted by molar-refractivity contribution is 5.89. The van der Waals surface area contributed by atoms with Gasteiger partial charge in [0.2, 0.25) is 0 Å². The fraction of sp³-hybridized carbons (Fsp3) is 0.0435. The lowest BCUT2D eigenvalue weighted by atomic mass is 10.0. The number of nitriles is 1. The van der Waals surface area contributed by atoms with Crippen LogP contribution >= 0.6 is 0 Å². The van der Waals surface area contributed by atoms with Crippen molar-refractivity contribution in [1.29, 1.82) is 5.26 Å². The number of aromatic carboxylic acids is 1. The van der Waals surface area contributed by atoms with E-state index in [9.17, 15) is 20.2 Å². The third kappa shape index (κ3) is 5.09. The molecule has 0 bridgehead atoms. The van der Waals surface area contributed by atoms with Crippen LogP contribution in [0.2, 0.25) is 0 Å². The van der Waals surface area contributed by atoms with Crippen molar-refractivity contribution >= 4 is 23.3 Å². The third-order valence-electron chi connectivity index (χ3n) is 4.31. The van der Waals surface area contributed by atoms with Gasteiger partial charge in [-0.15, -0.1) is 0 Å². The van der Waals surface area contributed by atoms with E-state index in [1.165, 1.54) is 24.3 Å². The topological polar surface area (TPSA) is 113 Å². The van der Waals surface area contributed by atoms with E-state index in [1.54, 1.807) is 54.6 Å². The van der Waals surface area contributed by atoms with Crippen molar-refractivity contribution in [3.05, 3.63) is 105 Å². The van der Waals surface area contributed by atoms with Gasteiger partial charge in [0.15, 0.2) is 0 Å². The molecule has 1 N–H and O–H groups in total. The molecule has 0 aliphatic heterocycles. The van der Waals surface area contributed by atoms with Gasteiger partial charge < -0.3 is 9.84 Å². The van der Waals surface area contributed by atoms with E-state index in [4.69, 9.17) is 9.84 Å². The molecular weight excluding hydrogens is 384 g/mol. The summed E-state index contributed by atoms with van der Waals surface area (Å²) in [6, 6.07) is 21.5. The summed E-state index contributed by atoms with van der Waals surface area (Å²) in [5, 5.41) is 29.1. The lowest BCUT2D eigenvalue weighted by Crippen LogP contribution is -1.98. The van der Waals surface area contributed by atoms with Gasteiger partial charge in [0.05, 0.1) is 22.1 Å². The van der Waals surface area contributed by atoms with Gasteiger partial charge in [0.25, 0.3) is 5.69 Å². The maximum atomic E-state index is 10.9. The average Bonchev–Trinajstić information content (AvgIpc) is 2.77. The summed E-state index contributed by atoms with van der Waals surface area (Å²) in [5.41, 5.74) is 2.79. The van der Waals surface area contributed by atoms with E-state index in [0.29, 0.717) is 23.5 Å². The fourth-order valence-electron chi connectivity index (χ4n) is 2.68. The Morgan fingerprint density at radius 3 is 2.13 bits per heavy atom. The third-order valence-corrected chi connectivity index (χ3v) is 4.31. The summed E-state index contributed by atoms with van der Waals surface area (Å²) >= 11 is 0.